The van der Waals surface area contributed by atoms with E-state index in [0.29, 0.717) is 37.1 Å². The third kappa shape index (κ3) is 3.05. The Labute approximate surface area is 177 Å². The van der Waals surface area contributed by atoms with E-state index in [1.165, 1.54) is 16.5 Å². The molecule has 1 saturated heterocycles. The molecule has 0 unspecified atom stereocenters. The lowest BCUT2D eigenvalue weighted by molar-refractivity contribution is -0.122. The first kappa shape index (κ1) is 19.4. The molecule has 4 heterocycles. The predicted octanol–water partition coefficient (Wildman–Crippen LogP) is 4.39. The molecule has 0 aliphatic carbocycles. The second kappa shape index (κ2) is 7.27. The van der Waals surface area contributed by atoms with Crippen molar-refractivity contribution in [2.24, 2.45) is 5.92 Å². The molecule has 1 fully saturated rings. The first-order valence-electron chi connectivity index (χ1n) is 10.2. The Morgan fingerprint density at radius 2 is 1.90 bits per heavy atom. The molecule has 30 heavy (non-hydrogen) atoms. The zero-order valence-electron chi connectivity index (χ0n) is 16.9. The molecule has 0 saturated carbocycles. The highest BCUT2D eigenvalue weighted by molar-refractivity contribution is 7.18. The van der Waals surface area contributed by atoms with Gasteiger partial charge in [0.15, 0.2) is 0 Å². The number of nitrogens with zero attached hydrogens (tertiary/aromatic N) is 4. The van der Waals surface area contributed by atoms with Crippen LogP contribution >= 0.6 is 11.3 Å². The lowest BCUT2D eigenvalue weighted by Gasteiger charge is -2.34. The van der Waals surface area contributed by atoms with Crippen molar-refractivity contribution in [3.05, 3.63) is 46.1 Å². The van der Waals surface area contributed by atoms with Gasteiger partial charge in [-0.1, -0.05) is 0 Å². The minimum Gasteiger partial charge on any atom is -0.356 e. The van der Waals surface area contributed by atoms with Gasteiger partial charge < -0.3 is 9.80 Å². The maximum Gasteiger partial charge on any atom is 0.230 e. The van der Waals surface area contributed by atoms with Crippen LogP contribution in [-0.2, 0) is 11.2 Å². The average Bonchev–Trinajstić information content (AvgIpc) is 3.29. The molecule has 2 aliphatic rings. The monoisotopic (exact) mass is 428 g/mol. The summed E-state index contributed by atoms with van der Waals surface area (Å²) < 4.78 is 27.7. The molecule has 3 aromatic rings. The zero-order valence-corrected chi connectivity index (χ0v) is 17.7. The molecule has 0 bridgehead atoms. The average molecular weight is 429 g/mol. The molecular formula is C22H22F2N4OS. The largest absolute Gasteiger partial charge is 0.356 e. The summed E-state index contributed by atoms with van der Waals surface area (Å²) in [6.45, 7) is 6.04. The lowest BCUT2D eigenvalue weighted by Crippen LogP contribution is -2.42. The van der Waals surface area contributed by atoms with E-state index in [1.54, 1.807) is 22.6 Å². The molecule has 0 radical (unpaired) electrons. The lowest BCUT2D eigenvalue weighted by atomic mass is 9.95. The van der Waals surface area contributed by atoms with Crippen LogP contribution in [0, 0.1) is 31.4 Å². The first-order chi connectivity index (χ1) is 14.4. The van der Waals surface area contributed by atoms with E-state index in [2.05, 4.69) is 28.7 Å². The summed E-state index contributed by atoms with van der Waals surface area (Å²) in [5, 5.41) is 1.10. The Bertz CT molecular complexity index is 1150. The van der Waals surface area contributed by atoms with Crippen molar-refractivity contribution in [2.45, 2.75) is 33.1 Å². The molecule has 0 N–H and O–H groups in total. The number of amides is 1. The summed E-state index contributed by atoms with van der Waals surface area (Å²) in [6, 6.07) is 2.17. The van der Waals surface area contributed by atoms with Gasteiger partial charge in [-0.15, -0.1) is 11.3 Å². The first-order valence-corrected chi connectivity index (χ1v) is 11.0. The Hall–Kier alpha value is -2.61. The molecule has 5 rings (SSSR count). The maximum absolute atomic E-state index is 14.0. The van der Waals surface area contributed by atoms with Crippen molar-refractivity contribution in [2.75, 3.05) is 29.4 Å². The predicted molar refractivity (Wildman–Crippen MR) is 114 cm³/mol. The topological polar surface area (TPSA) is 49.3 Å². The summed E-state index contributed by atoms with van der Waals surface area (Å²) in [6.07, 6.45) is 3.42. The number of anilines is 2. The fourth-order valence-corrected chi connectivity index (χ4v) is 5.60. The maximum atomic E-state index is 14.0. The number of aromatic nitrogens is 2. The number of benzene rings is 1. The minimum absolute atomic E-state index is 0.0335. The molecule has 0 spiro atoms. The number of fused-ring (bicyclic) bond motifs is 2. The number of rotatable bonds is 2. The molecule has 156 valence electrons. The molecule has 8 heteroatoms. The highest BCUT2D eigenvalue weighted by Crippen LogP contribution is 2.37. The van der Waals surface area contributed by atoms with Gasteiger partial charge in [0.1, 0.15) is 28.6 Å². The van der Waals surface area contributed by atoms with Crippen molar-refractivity contribution >= 4 is 39.0 Å². The molecule has 2 aromatic heterocycles. The Morgan fingerprint density at radius 1 is 1.13 bits per heavy atom. The standard InChI is InChI=1S/C22H22F2N4OS/c1-12-13(2)30-21-19(12)20(25-11-26-21)27-6-3-14(4-7-27)22(29)28-8-5-16-17(24)9-15(23)10-18(16)28/h9-11,14H,3-8H2,1-2H3. The van der Waals surface area contributed by atoms with E-state index < -0.39 is 11.6 Å². The minimum atomic E-state index is -0.644. The number of hydrogen-bond acceptors (Lipinski definition) is 5. The van der Waals surface area contributed by atoms with Crippen LogP contribution in [0.15, 0.2) is 18.5 Å². The van der Waals surface area contributed by atoms with Gasteiger partial charge in [-0.05, 0) is 44.7 Å². The summed E-state index contributed by atoms with van der Waals surface area (Å²) in [4.78, 5) is 28.1. The van der Waals surface area contributed by atoms with Crippen LogP contribution in [-0.4, -0.2) is 35.5 Å². The van der Waals surface area contributed by atoms with Gasteiger partial charge in [0.05, 0.1) is 11.1 Å². The zero-order chi connectivity index (χ0) is 21.0. The van der Waals surface area contributed by atoms with E-state index >= 15 is 0 Å². The third-order valence-corrected chi connectivity index (χ3v) is 7.48. The molecule has 2 aliphatic heterocycles. The summed E-state index contributed by atoms with van der Waals surface area (Å²) in [5.74, 6) is -0.460. The normalized spacial score (nSPS) is 17.1. The van der Waals surface area contributed by atoms with Gasteiger partial charge in [-0.25, -0.2) is 18.7 Å². The number of piperidine rings is 1. The Balaban J connectivity index is 1.34. The molecule has 1 amide bonds. The quantitative estimate of drug-likeness (QED) is 0.607. The van der Waals surface area contributed by atoms with Gasteiger partial charge >= 0.3 is 0 Å². The summed E-state index contributed by atoms with van der Waals surface area (Å²) >= 11 is 1.68. The van der Waals surface area contributed by atoms with Crippen LogP contribution in [0.1, 0.15) is 28.8 Å². The highest BCUT2D eigenvalue weighted by atomic mass is 32.1. The SMILES string of the molecule is Cc1sc2ncnc(N3CCC(C(=O)N4CCc5c(F)cc(F)cc54)CC3)c2c1C. The van der Waals surface area contributed by atoms with E-state index in [-0.39, 0.29) is 11.8 Å². The van der Waals surface area contributed by atoms with Crippen LogP contribution in [0.2, 0.25) is 0 Å². The Morgan fingerprint density at radius 3 is 2.67 bits per heavy atom. The molecule has 1 aromatic carbocycles. The summed E-state index contributed by atoms with van der Waals surface area (Å²) in [5.41, 5.74) is 2.04. The van der Waals surface area contributed by atoms with Crippen LogP contribution < -0.4 is 9.80 Å². The second-order valence-electron chi connectivity index (χ2n) is 8.05. The van der Waals surface area contributed by atoms with Crippen molar-refractivity contribution < 1.29 is 13.6 Å². The van der Waals surface area contributed by atoms with Crippen molar-refractivity contribution in [3.63, 3.8) is 0 Å². The number of hydrogen-bond donors (Lipinski definition) is 0. The van der Waals surface area contributed by atoms with Gasteiger partial charge in [0.2, 0.25) is 5.91 Å². The van der Waals surface area contributed by atoms with E-state index in [9.17, 15) is 13.6 Å². The van der Waals surface area contributed by atoms with E-state index in [0.717, 1.165) is 35.2 Å². The fraction of sp³-hybridized carbons (Fsp3) is 0.409. The molecular weight excluding hydrogens is 406 g/mol. The van der Waals surface area contributed by atoms with Gasteiger partial charge in [0.25, 0.3) is 0 Å². The number of carbonyl (C=O) groups is 1. The smallest absolute Gasteiger partial charge is 0.230 e. The van der Waals surface area contributed by atoms with Gasteiger partial charge in [-0.3, -0.25) is 4.79 Å². The van der Waals surface area contributed by atoms with Crippen LogP contribution in [0.4, 0.5) is 20.3 Å². The molecule has 0 atom stereocenters. The van der Waals surface area contributed by atoms with Crippen molar-refractivity contribution in [1.82, 2.24) is 9.97 Å². The Kier molecular flexibility index (Phi) is 4.69. The number of halogens is 2. The van der Waals surface area contributed by atoms with Crippen molar-refractivity contribution in [1.29, 1.82) is 0 Å². The third-order valence-electron chi connectivity index (χ3n) is 6.37. The van der Waals surface area contributed by atoms with Crippen LogP contribution in [0.3, 0.4) is 0 Å². The second-order valence-corrected chi connectivity index (χ2v) is 9.25. The van der Waals surface area contributed by atoms with Crippen LogP contribution in [0.5, 0.6) is 0 Å². The summed E-state index contributed by atoms with van der Waals surface area (Å²) in [7, 11) is 0. The number of carbonyl (C=O) groups excluding carboxylic acids is 1. The van der Waals surface area contributed by atoms with Crippen LogP contribution in [0.25, 0.3) is 10.2 Å². The van der Waals surface area contributed by atoms with Gasteiger partial charge in [-0.2, -0.15) is 0 Å². The number of thiophene rings is 1. The van der Waals surface area contributed by atoms with E-state index in [1.807, 2.05) is 0 Å². The fourth-order valence-electron chi connectivity index (χ4n) is 4.61. The van der Waals surface area contributed by atoms with E-state index in [4.69, 9.17) is 0 Å². The molecule has 5 nitrogen and oxygen atoms in total. The highest BCUT2D eigenvalue weighted by Gasteiger charge is 2.34. The number of aryl methyl sites for hydroxylation is 2. The van der Waals surface area contributed by atoms with Gasteiger partial charge in [0, 0.05) is 42.1 Å². The van der Waals surface area contributed by atoms with Crippen molar-refractivity contribution in [3.8, 4) is 0 Å².